The number of carbonyl (C=O) groups is 1. The summed E-state index contributed by atoms with van der Waals surface area (Å²) in [5.74, 6) is -0.0837. The molecule has 0 amide bonds. The molecule has 0 aliphatic heterocycles. The van der Waals surface area contributed by atoms with E-state index in [-0.39, 0.29) is 5.97 Å². The van der Waals surface area contributed by atoms with E-state index in [4.69, 9.17) is 9.47 Å². The topological polar surface area (TPSA) is 35.5 Å². The third-order valence-corrected chi connectivity index (χ3v) is 4.75. The van der Waals surface area contributed by atoms with Gasteiger partial charge in [-0.3, -0.25) is 4.79 Å². The molecule has 28 heavy (non-hydrogen) atoms. The summed E-state index contributed by atoms with van der Waals surface area (Å²) < 4.78 is 9.79. The van der Waals surface area contributed by atoms with Crippen LogP contribution < -0.4 is 0 Å². The second-order valence-electron chi connectivity index (χ2n) is 7.45. The van der Waals surface area contributed by atoms with Gasteiger partial charge in [-0.1, -0.05) is 109 Å². The van der Waals surface area contributed by atoms with Gasteiger partial charge in [0.05, 0.1) is 0 Å². The van der Waals surface area contributed by atoms with Gasteiger partial charge in [-0.2, -0.15) is 0 Å². The lowest BCUT2D eigenvalue weighted by atomic mass is 10.0. The van der Waals surface area contributed by atoms with Crippen molar-refractivity contribution >= 4 is 5.97 Å². The fourth-order valence-electron chi connectivity index (χ4n) is 3.07. The molecule has 168 valence electrons. The molecule has 3 heteroatoms. The van der Waals surface area contributed by atoms with Crippen LogP contribution in [0.25, 0.3) is 0 Å². The third kappa shape index (κ3) is 29.9. The fraction of sp³-hybridized carbons (Fsp3) is 0.880. The molecule has 3 nitrogen and oxygen atoms in total. The largest absolute Gasteiger partial charge is 0.461 e. The molecular formula is C25H50O3. The first-order valence-corrected chi connectivity index (χ1v) is 12.1. The van der Waals surface area contributed by atoms with Crippen LogP contribution in [-0.2, 0) is 14.3 Å². The molecule has 0 aromatic carbocycles. The number of unbranched alkanes of at least 4 members (excludes halogenated alkanes) is 14. The highest BCUT2D eigenvalue weighted by molar-refractivity contribution is 5.69. The SMILES string of the molecule is C=CCOC(=O)CCCCCCCCCCCCCCCCC.CCOCC. The molecule has 0 N–H and O–H groups in total. The Morgan fingerprint density at radius 3 is 1.39 bits per heavy atom. The van der Waals surface area contributed by atoms with Gasteiger partial charge in [0, 0.05) is 19.6 Å². The lowest BCUT2D eigenvalue weighted by molar-refractivity contribution is -0.142. The minimum Gasteiger partial charge on any atom is -0.461 e. The quantitative estimate of drug-likeness (QED) is 0.118. The number of carbonyl (C=O) groups excluding carboxylic acids is 1. The van der Waals surface area contributed by atoms with Crippen LogP contribution in [0.2, 0.25) is 0 Å². The summed E-state index contributed by atoms with van der Waals surface area (Å²) in [6, 6.07) is 0. The van der Waals surface area contributed by atoms with Crippen LogP contribution in [0.5, 0.6) is 0 Å². The highest BCUT2D eigenvalue weighted by atomic mass is 16.5. The fourth-order valence-corrected chi connectivity index (χ4v) is 3.07. The number of ether oxygens (including phenoxy) is 2. The number of hydrogen-bond acceptors (Lipinski definition) is 3. The molecule has 0 heterocycles. The Kier molecular flexibility index (Phi) is 29.8. The maximum Gasteiger partial charge on any atom is 0.306 e. The predicted molar refractivity (Wildman–Crippen MR) is 123 cm³/mol. The molecule has 0 aliphatic rings. The van der Waals surface area contributed by atoms with Crippen LogP contribution in [0.1, 0.15) is 124 Å². The van der Waals surface area contributed by atoms with E-state index in [1.807, 2.05) is 13.8 Å². The van der Waals surface area contributed by atoms with Crippen LogP contribution in [0, 0.1) is 0 Å². The van der Waals surface area contributed by atoms with Gasteiger partial charge in [-0.25, -0.2) is 0 Å². The summed E-state index contributed by atoms with van der Waals surface area (Å²) in [5, 5.41) is 0. The first-order valence-electron chi connectivity index (χ1n) is 12.1. The van der Waals surface area contributed by atoms with E-state index in [9.17, 15) is 4.79 Å². The summed E-state index contributed by atoms with van der Waals surface area (Å²) in [6.45, 7) is 11.8. The van der Waals surface area contributed by atoms with Gasteiger partial charge in [0.1, 0.15) is 6.61 Å². The van der Waals surface area contributed by atoms with Gasteiger partial charge in [0.15, 0.2) is 0 Å². The average molecular weight is 399 g/mol. The number of hydrogen-bond donors (Lipinski definition) is 0. The zero-order valence-corrected chi connectivity index (χ0v) is 19.4. The molecule has 0 aromatic heterocycles. The highest BCUT2D eigenvalue weighted by Gasteiger charge is 2.00. The highest BCUT2D eigenvalue weighted by Crippen LogP contribution is 2.13. The summed E-state index contributed by atoms with van der Waals surface area (Å²) in [5.41, 5.74) is 0. The van der Waals surface area contributed by atoms with Crippen LogP contribution in [0.3, 0.4) is 0 Å². The Morgan fingerprint density at radius 1 is 0.679 bits per heavy atom. The minimum absolute atomic E-state index is 0.0837. The summed E-state index contributed by atoms with van der Waals surface area (Å²) in [7, 11) is 0. The van der Waals surface area contributed by atoms with Gasteiger partial charge in [0.2, 0.25) is 0 Å². The van der Waals surface area contributed by atoms with E-state index in [1.165, 1.54) is 83.5 Å². The van der Waals surface area contributed by atoms with Crippen LogP contribution >= 0.6 is 0 Å². The zero-order valence-electron chi connectivity index (χ0n) is 19.4. The molecule has 0 atom stereocenters. The average Bonchev–Trinajstić information content (AvgIpc) is 2.70. The molecular weight excluding hydrogens is 348 g/mol. The maximum absolute atomic E-state index is 11.3. The second-order valence-corrected chi connectivity index (χ2v) is 7.45. The Morgan fingerprint density at radius 2 is 1.07 bits per heavy atom. The Labute approximate surface area is 176 Å². The Balaban J connectivity index is 0. The van der Waals surface area contributed by atoms with Gasteiger partial charge in [0.25, 0.3) is 0 Å². The molecule has 0 saturated heterocycles. The molecule has 0 aliphatic carbocycles. The van der Waals surface area contributed by atoms with Gasteiger partial charge in [-0.05, 0) is 20.3 Å². The van der Waals surface area contributed by atoms with Crippen molar-refractivity contribution in [3.8, 4) is 0 Å². The van der Waals surface area contributed by atoms with E-state index in [0.29, 0.717) is 13.0 Å². The summed E-state index contributed by atoms with van der Waals surface area (Å²) >= 11 is 0. The van der Waals surface area contributed by atoms with Crippen molar-refractivity contribution in [2.75, 3.05) is 19.8 Å². The Bertz CT molecular complexity index is 300. The molecule has 0 fully saturated rings. The summed E-state index contributed by atoms with van der Waals surface area (Å²) in [6.07, 6.45) is 22.4. The van der Waals surface area contributed by atoms with Crippen molar-refractivity contribution in [3.63, 3.8) is 0 Å². The number of esters is 1. The minimum atomic E-state index is -0.0837. The monoisotopic (exact) mass is 398 g/mol. The van der Waals surface area contributed by atoms with Gasteiger partial charge < -0.3 is 9.47 Å². The lowest BCUT2D eigenvalue weighted by Gasteiger charge is -2.04. The van der Waals surface area contributed by atoms with Crippen molar-refractivity contribution in [2.24, 2.45) is 0 Å². The molecule has 0 spiro atoms. The van der Waals surface area contributed by atoms with Gasteiger partial charge >= 0.3 is 5.97 Å². The van der Waals surface area contributed by atoms with E-state index < -0.39 is 0 Å². The Hall–Kier alpha value is -0.830. The first kappa shape index (κ1) is 29.4. The smallest absolute Gasteiger partial charge is 0.306 e. The van der Waals surface area contributed by atoms with Crippen molar-refractivity contribution in [3.05, 3.63) is 12.7 Å². The van der Waals surface area contributed by atoms with E-state index >= 15 is 0 Å². The van der Waals surface area contributed by atoms with E-state index in [0.717, 1.165) is 26.1 Å². The third-order valence-electron chi connectivity index (χ3n) is 4.75. The molecule has 0 unspecified atom stereocenters. The van der Waals surface area contributed by atoms with Crippen LogP contribution in [-0.4, -0.2) is 25.8 Å². The van der Waals surface area contributed by atoms with Crippen molar-refractivity contribution in [1.29, 1.82) is 0 Å². The first-order chi connectivity index (χ1) is 13.7. The number of rotatable bonds is 20. The van der Waals surface area contributed by atoms with Crippen LogP contribution in [0.4, 0.5) is 0 Å². The molecule has 0 rings (SSSR count). The zero-order chi connectivity index (χ0) is 21.1. The second kappa shape index (κ2) is 28.4. The van der Waals surface area contributed by atoms with Gasteiger partial charge in [-0.15, -0.1) is 0 Å². The van der Waals surface area contributed by atoms with E-state index in [1.54, 1.807) is 6.08 Å². The predicted octanol–water partition coefficient (Wildman–Crippen LogP) is 8.02. The standard InChI is InChI=1S/C21H40O2.C4H10O/c1-3-5-6-7-8-9-10-11-12-13-14-15-16-17-18-19-21(22)23-20-4-2;1-3-5-4-2/h4H,2-3,5-20H2,1H3;3-4H2,1-2H3. The molecule has 0 aromatic rings. The normalized spacial score (nSPS) is 10.2. The van der Waals surface area contributed by atoms with Crippen molar-refractivity contribution in [1.82, 2.24) is 0 Å². The van der Waals surface area contributed by atoms with Crippen molar-refractivity contribution in [2.45, 2.75) is 124 Å². The lowest BCUT2D eigenvalue weighted by Crippen LogP contribution is -2.03. The van der Waals surface area contributed by atoms with E-state index in [2.05, 4.69) is 13.5 Å². The maximum atomic E-state index is 11.3. The molecule has 0 bridgehead atoms. The van der Waals surface area contributed by atoms with Crippen molar-refractivity contribution < 1.29 is 14.3 Å². The van der Waals surface area contributed by atoms with Crippen LogP contribution in [0.15, 0.2) is 12.7 Å². The summed E-state index contributed by atoms with van der Waals surface area (Å²) in [4.78, 5) is 11.3. The molecule has 0 saturated carbocycles. The molecule has 0 radical (unpaired) electrons.